The number of amides is 1. The molecule has 10 heteroatoms. The van der Waals surface area contributed by atoms with E-state index in [1.807, 2.05) is 0 Å². The van der Waals surface area contributed by atoms with Gasteiger partial charge in [-0.1, -0.05) is 22.0 Å². The van der Waals surface area contributed by atoms with Crippen molar-refractivity contribution in [2.45, 2.75) is 12.2 Å². The van der Waals surface area contributed by atoms with Gasteiger partial charge in [-0.2, -0.15) is 13.2 Å². The fourth-order valence-electron chi connectivity index (χ4n) is 3.91. The Kier molecular flexibility index (Phi) is 5.12. The van der Waals surface area contributed by atoms with Gasteiger partial charge in [-0.3, -0.25) is 14.5 Å². The highest BCUT2D eigenvalue weighted by Gasteiger charge is 2.47. The largest absolute Gasteiger partial charge is 0.503 e. The molecular formula is C24H13BrF3NO5. The van der Waals surface area contributed by atoms with E-state index < -0.39 is 35.2 Å². The van der Waals surface area contributed by atoms with Crippen molar-refractivity contribution in [1.82, 2.24) is 0 Å². The van der Waals surface area contributed by atoms with E-state index >= 15 is 0 Å². The highest BCUT2D eigenvalue weighted by molar-refractivity contribution is 9.10. The SMILES string of the molecule is O=C(C1=C(O)C(=O)N(c2cccc(C(F)(F)F)c2)C1c1ccco1)c1cc2cc(Br)ccc2o1. The molecule has 6 nitrogen and oxygen atoms in total. The molecular weight excluding hydrogens is 519 g/mol. The summed E-state index contributed by atoms with van der Waals surface area (Å²) in [4.78, 5) is 27.4. The summed E-state index contributed by atoms with van der Waals surface area (Å²) in [6.45, 7) is 0. The summed E-state index contributed by atoms with van der Waals surface area (Å²) in [6.07, 6.45) is -3.37. The second-order valence-electron chi connectivity index (χ2n) is 7.53. The molecule has 172 valence electrons. The third-order valence-electron chi connectivity index (χ3n) is 5.42. The summed E-state index contributed by atoms with van der Waals surface area (Å²) in [7, 11) is 0. The van der Waals surface area contributed by atoms with Crippen LogP contribution in [0.4, 0.5) is 18.9 Å². The number of nitrogens with zero attached hydrogens (tertiary/aromatic N) is 1. The van der Waals surface area contributed by atoms with Crippen LogP contribution in [-0.2, 0) is 11.0 Å². The molecule has 1 unspecified atom stereocenters. The van der Waals surface area contributed by atoms with Crippen LogP contribution in [0.25, 0.3) is 11.0 Å². The number of furan rings is 2. The van der Waals surface area contributed by atoms with Gasteiger partial charge < -0.3 is 13.9 Å². The van der Waals surface area contributed by atoms with E-state index in [0.29, 0.717) is 11.0 Å². The standard InChI is InChI=1S/C24H13BrF3NO5/c25-14-6-7-16-12(9-14)10-18(34-16)21(30)19-20(17-5-2-8-33-17)29(23(32)22(19)31)15-4-1-3-13(11-15)24(26,27)28/h1-11,20,31H. The highest BCUT2D eigenvalue weighted by atomic mass is 79.9. The smallest absolute Gasteiger partial charge is 0.416 e. The quantitative estimate of drug-likeness (QED) is 0.300. The first kappa shape index (κ1) is 22.0. The lowest BCUT2D eigenvalue weighted by molar-refractivity contribution is -0.137. The molecule has 0 saturated heterocycles. The van der Waals surface area contributed by atoms with Crippen molar-refractivity contribution in [3.63, 3.8) is 0 Å². The van der Waals surface area contributed by atoms with Crippen LogP contribution in [0, 0.1) is 0 Å². The van der Waals surface area contributed by atoms with Gasteiger partial charge in [0.2, 0.25) is 5.78 Å². The maximum absolute atomic E-state index is 13.4. The molecule has 4 aromatic rings. The Labute approximate surface area is 198 Å². The van der Waals surface area contributed by atoms with Gasteiger partial charge in [0.25, 0.3) is 5.91 Å². The van der Waals surface area contributed by atoms with E-state index in [2.05, 4.69) is 15.9 Å². The minimum atomic E-state index is -4.66. The number of aliphatic hydroxyl groups excluding tert-OH is 1. The molecule has 1 amide bonds. The lowest BCUT2D eigenvalue weighted by atomic mass is 9.99. The number of halogens is 4. The van der Waals surface area contributed by atoms with Crippen molar-refractivity contribution in [2.75, 3.05) is 4.90 Å². The number of carbonyl (C=O) groups excluding carboxylic acids is 2. The molecule has 0 saturated carbocycles. The normalized spacial score (nSPS) is 16.6. The molecule has 1 aliphatic rings. The van der Waals surface area contributed by atoms with E-state index in [1.54, 1.807) is 18.2 Å². The van der Waals surface area contributed by atoms with Crippen molar-refractivity contribution in [2.24, 2.45) is 0 Å². The van der Waals surface area contributed by atoms with Crippen LogP contribution >= 0.6 is 15.9 Å². The Morgan fingerprint density at radius 3 is 2.56 bits per heavy atom. The van der Waals surface area contributed by atoms with Crippen LogP contribution in [0.15, 0.2) is 91.6 Å². The molecule has 3 heterocycles. The van der Waals surface area contributed by atoms with Crippen LogP contribution in [0.1, 0.15) is 27.9 Å². The summed E-state index contributed by atoms with van der Waals surface area (Å²) < 4.78 is 51.7. The van der Waals surface area contributed by atoms with E-state index in [9.17, 15) is 27.9 Å². The molecule has 0 spiro atoms. The van der Waals surface area contributed by atoms with Crippen molar-refractivity contribution >= 4 is 44.3 Å². The number of rotatable bonds is 4. The van der Waals surface area contributed by atoms with Crippen LogP contribution in [-0.4, -0.2) is 16.8 Å². The second kappa shape index (κ2) is 7.91. The van der Waals surface area contributed by atoms with Gasteiger partial charge in [0.15, 0.2) is 11.5 Å². The Morgan fingerprint density at radius 1 is 1.06 bits per heavy atom. The predicted molar refractivity (Wildman–Crippen MR) is 118 cm³/mol. The zero-order valence-corrected chi connectivity index (χ0v) is 18.6. The summed E-state index contributed by atoms with van der Waals surface area (Å²) in [6, 6.07) is 12.2. The molecule has 0 radical (unpaired) electrons. The number of hydrogen-bond donors (Lipinski definition) is 1. The van der Waals surface area contributed by atoms with Gasteiger partial charge >= 0.3 is 6.18 Å². The molecule has 2 aromatic carbocycles. The number of aliphatic hydroxyl groups is 1. The van der Waals surface area contributed by atoms with Crippen LogP contribution < -0.4 is 4.90 Å². The molecule has 0 aliphatic carbocycles. The average Bonchev–Trinajstić information content (AvgIpc) is 3.52. The number of benzene rings is 2. The number of fused-ring (bicyclic) bond motifs is 1. The van der Waals surface area contributed by atoms with E-state index in [4.69, 9.17) is 8.83 Å². The summed E-state index contributed by atoms with van der Waals surface area (Å²) in [5.74, 6) is -2.80. The molecule has 1 aliphatic heterocycles. The third kappa shape index (κ3) is 3.60. The first-order valence-corrected chi connectivity index (χ1v) is 10.7. The topological polar surface area (TPSA) is 83.9 Å². The fraction of sp³-hybridized carbons (Fsp3) is 0.0833. The van der Waals surface area contributed by atoms with Gasteiger partial charge in [0, 0.05) is 15.5 Å². The maximum Gasteiger partial charge on any atom is 0.416 e. The van der Waals surface area contributed by atoms with E-state index in [1.165, 1.54) is 30.5 Å². The molecule has 34 heavy (non-hydrogen) atoms. The average molecular weight is 532 g/mol. The zero-order valence-electron chi connectivity index (χ0n) is 17.0. The lowest BCUT2D eigenvalue weighted by Crippen LogP contribution is -2.31. The van der Waals surface area contributed by atoms with Crippen LogP contribution in [0.3, 0.4) is 0 Å². The summed E-state index contributed by atoms with van der Waals surface area (Å²) >= 11 is 3.33. The molecule has 1 atom stereocenters. The van der Waals surface area contributed by atoms with Crippen molar-refractivity contribution < 1.29 is 36.7 Å². The number of alkyl halides is 3. The van der Waals surface area contributed by atoms with Gasteiger partial charge in [-0.25, -0.2) is 0 Å². The first-order chi connectivity index (χ1) is 16.1. The maximum atomic E-state index is 13.4. The van der Waals surface area contributed by atoms with Crippen LogP contribution in [0.2, 0.25) is 0 Å². The molecule has 2 aromatic heterocycles. The number of ketones is 1. The van der Waals surface area contributed by atoms with Crippen molar-refractivity contribution in [3.05, 3.63) is 99.8 Å². The third-order valence-corrected chi connectivity index (χ3v) is 5.91. The first-order valence-electron chi connectivity index (χ1n) is 9.86. The van der Waals surface area contributed by atoms with Gasteiger partial charge in [0.05, 0.1) is 17.4 Å². The Balaban J connectivity index is 1.63. The van der Waals surface area contributed by atoms with Crippen molar-refractivity contribution in [3.8, 4) is 0 Å². The Bertz CT molecular complexity index is 1470. The van der Waals surface area contributed by atoms with Gasteiger partial charge in [0.1, 0.15) is 17.4 Å². The highest BCUT2D eigenvalue weighted by Crippen LogP contribution is 2.43. The van der Waals surface area contributed by atoms with E-state index in [0.717, 1.165) is 27.6 Å². The fourth-order valence-corrected chi connectivity index (χ4v) is 4.29. The monoisotopic (exact) mass is 531 g/mol. The number of carbonyl (C=O) groups is 2. The molecule has 1 N–H and O–H groups in total. The Hall–Kier alpha value is -3.79. The molecule has 5 rings (SSSR count). The zero-order chi connectivity index (χ0) is 24.2. The molecule has 0 bridgehead atoms. The summed E-state index contributed by atoms with van der Waals surface area (Å²) in [5.41, 5.74) is -1.11. The number of Topliss-reactive ketones (excluding diaryl/α,β-unsaturated/α-hetero) is 1. The van der Waals surface area contributed by atoms with Crippen molar-refractivity contribution in [1.29, 1.82) is 0 Å². The Morgan fingerprint density at radius 2 is 1.85 bits per heavy atom. The van der Waals surface area contributed by atoms with Gasteiger partial charge in [-0.05, 0) is 54.6 Å². The number of hydrogen-bond acceptors (Lipinski definition) is 5. The lowest BCUT2D eigenvalue weighted by Gasteiger charge is -2.25. The van der Waals surface area contributed by atoms with Crippen LogP contribution in [0.5, 0.6) is 0 Å². The predicted octanol–water partition coefficient (Wildman–Crippen LogP) is 6.59. The minimum absolute atomic E-state index is 0.0806. The molecule has 0 fully saturated rings. The van der Waals surface area contributed by atoms with E-state index in [-0.39, 0.29) is 22.8 Å². The van der Waals surface area contributed by atoms with Gasteiger partial charge in [-0.15, -0.1) is 0 Å². The summed E-state index contributed by atoms with van der Waals surface area (Å²) in [5, 5.41) is 11.3. The number of anilines is 1. The minimum Gasteiger partial charge on any atom is -0.503 e. The second-order valence-corrected chi connectivity index (χ2v) is 8.44.